The van der Waals surface area contributed by atoms with Gasteiger partial charge in [0, 0.05) is 12.6 Å². The van der Waals surface area contributed by atoms with Crippen molar-refractivity contribution in [2.45, 2.75) is 46.1 Å². The predicted molar refractivity (Wildman–Crippen MR) is 47.5 cm³/mol. The Morgan fingerprint density at radius 3 is 2.55 bits per heavy atom. The van der Waals surface area contributed by atoms with Crippen molar-refractivity contribution in [3.63, 3.8) is 0 Å². The lowest BCUT2D eigenvalue weighted by molar-refractivity contribution is 0.0764. The van der Waals surface area contributed by atoms with Crippen molar-refractivity contribution in [1.29, 1.82) is 0 Å². The highest BCUT2D eigenvalue weighted by molar-refractivity contribution is 5.07. The molecule has 0 aromatic heterocycles. The van der Waals surface area contributed by atoms with Gasteiger partial charge >= 0.3 is 0 Å². The molecule has 1 nitrogen and oxygen atoms in total. The second-order valence-corrected chi connectivity index (χ2v) is 5.11. The summed E-state index contributed by atoms with van der Waals surface area (Å²) in [4.78, 5) is 0. The SMILES string of the molecule is CC12CCCC(NC1)C2(C)C. The van der Waals surface area contributed by atoms with Gasteiger partial charge < -0.3 is 5.32 Å². The van der Waals surface area contributed by atoms with Crippen molar-refractivity contribution in [3.8, 4) is 0 Å². The quantitative estimate of drug-likeness (QED) is 0.562. The molecule has 2 fully saturated rings. The van der Waals surface area contributed by atoms with Crippen LogP contribution in [-0.2, 0) is 0 Å². The Balaban J connectivity index is 2.33. The van der Waals surface area contributed by atoms with Gasteiger partial charge in [0.2, 0.25) is 0 Å². The third kappa shape index (κ3) is 0.807. The monoisotopic (exact) mass is 153 g/mol. The third-order valence-corrected chi connectivity index (χ3v) is 4.39. The van der Waals surface area contributed by atoms with Gasteiger partial charge in [-0.05, 0) is 23.7 Å². The molecule has 2 unspecified atom stereocenters. The van der Waals surface area contributed by atoms with Crippen LogP contribution in [0.4, 0.5) is 0 Å². The molecule has 1 saturated heterocycles. The topological polar surface area (TPSA) is 12.0 Å². The summed E-state index contributed by atoms with van der Waals surface area (Å²) in [7, 11) is 0. The molecule has 1 saturated carbocycles. The molecule has 1 aliphatic heterocycles. The minimum Gasteiger partial charge on any atom is -0.313 e. The van der Waals surface area contributed by atoms with Crippen molar-refractivity contribution in [3.05, 3.63) is 0 Å². The van der Waals surface area contributed by atoms with Gasteiger partial charge in [0.15, 0.2) is 0 Å². The van der Waals surface area contributed by atoms with Crippen LogP contribution in [0.2, 0.25) is 0 Å². The van der Waals surface area contributed by atoms with E-state index in [0.717, 1.165) is 6.04 Å². The van der Waals surface area contributed by atoms with E-state index >= 15 is 0 Å². The maximum atomic E-state index is 3.65. The van der Waals surface area contributed by atoms with Gasteiger partial charge in [-0.1, -0.05) is 27.2 Å². The molecule has 0 amide bonds. The summed E-state index contributed by atoms with van der Waals surface area (Å²) in [5.74, 6) is 0. The Kier molecular flexibility index (Phi) is 1.39. The molecular weight excluding hydrogens is 134 g/mol. The lowest BCUT2D eigenvalue weighted by Gasteiger charge is -2.44. The number of rotatable bonds is 0. The van der Waals surface area contributed by atoms with E-state index in [1.807, 2.05) is 0 Å². The first-order valence-corrected chi connectivity index (χ1v) is 4.80. The Morgan fingerprint density at radius 1 is 1.27 bits per heavy atom. The second-order valence-electron chi connectivity index (χ2n) is 5.11. The summed E-state index contributed by atoms with van der Waals surface area (Å²) in [6.07, 6.45) is 4.24. The van der Waals surface area contributed by atoms with Crippen LogP contribution in [0.15, 0.2) is 0 Å². The smallest absolute Gasteiger partial charge is 0.0124 e. The normalized spacial score (nSPS) is 47.7. The van der Waals surface area contributed by atoms with Crippen LogP contribution in [0.25, 0.3) is 0 Å². The molecular formula is C10H19N. The minimum absolute atomic E-state index is 0.533. The number of hydrogen-bond acceptors (Lipinski definition) is 1. The van der Waals surface area contributed by atoms with E-state index in [1.165, 1.54) is 25.8 Å². The lowest BCUT2D eigenvalue weighted by atomic mass is 9.60. The van der Waals surface area contributed by atoms with E-state index in [-0.39, 0.29) is 0 Å². The summed E-state index contributed by atoms with van der Waals surface area (Å²) in [6, 6.07) is 0.793. The van der Waals surface area contributed by atoms with Crippen LogP contribution in [0.5, 0.6) is 0 Å². The highest BCUT2D eigenvalue weighted by atomic mass is 15.0. The standard InChI is InChI=1S/C10H19N/c1-9(2)8-5-4-6-10(9,3)7-11-8/h8,11H,4-7H2,1-3H3. The zero-order chi connectivity index (χ0) is 8.11. The van der Waals surface area contributed by atoms with Gasteiger partial charge in [-0.3, -0.25) is 0 Å². The summed E-state index contributed by atoms with van der Waals surface area (Å²) >= 11 is 0. The first kappa shape index (κ1) is 7.60. The third-order valence-electron chi connectivity index (χ3n) is 4.39. The van der Waals surface area contributed by atoms with Crippen LogP contribution < -0.4 is 5.32 Å². The van der Waals surface area contributed by atoms with Crippen LogP contribution >= 0.6 is 0 Å². The summed E-state index contributed by atoms with van der Waals surface area (Å²) in [5, 5.41) is 3.65. The van der Waals surface area contributed by atoms with E-state index < -0.39 is 0 Å². The number of fused-ring (bicyclic) bond motifs is 2. The average Bonchev–Trinajstić information content (AvgIpc) is 2.17. The van der Waals surface area contributed by atoms with Gasteiger partial charge in [-0.15, -0.1) is 0 Å². The molecule has 0 spiro atoms. The molecule has 64 valence electrons. The van der Waals surface area contributed by atoms with Gasteiger partial charge in [0.1, 0.15) is 0 Å². The molecule has 1 aliphatic carbocycles. The fourth-order valence-corrected chi connectivity index (χ4v) is 2.82. The average molecular weight is 153 g/mol. The minimum atomic E-state index is 0.533. The van der Waals surface area contributed by atoms with Gasteiger partial charge in [0.05, 0.1) is 0 Å². The molecule has 2 rings (SSSR count). The van der Waals surface area contributed by atoms with Crippen molar-refractivity contribution >= 4 is 0 Å². The molecule has 2 aliphatic rings. The molecule has 11 heavy (non-hydrogen) atoms. The lowest BCUT2D eigenvalue weighted by Crippen LogP contribution is -2.42. The number of hydrogen-bond donors (Lipinski definition) is 1. The molecule has 0 radical (unpaired) electrons. The highest BCUT2D eigenvalue weighted by Crippen LogP contribution is 2.53. The Morgan fingerprint density at radius 2 is 2.00 bits per heavy atom. The Hall–Kier alpha value is -0.0400. The number of nitrogens with one attached hydrogen (secondary N) is 1. The fourth-order valence-electron chi connectivity index (χ4n) is 2.82. The van der Waals surface area contributed by atoms with Crippen molar-refractivity contribution in [2.24, 2.45) is 10.8 Å². The van der Waals surface area contributed by atoms with E-state index in [1.54, 1.807) is 0 Å². The summed E-state index contributed by atoms with van der Waals surface area (Å²) in [5.41, 5.74) is 1.11. The van der Waals surface area contributed by atoms with E-state index in [4.69, 9.17) is 0 Å². The van der Waals surface area contributed by atoms with Crippen molar-refractivity contribution in [1.82, 2.24) is 5.32 Å². The molecule has 1 heteroatoms. The van der Waals surface area contributed by atoms with Gasteiger partial charge in [-0.2, -0.15) is 0 Å². The van der Waals surface area contributed by atoms with Crippen molar-refractivity contribution < 1.29 is 0 Å². The van der Waals surface area contributed by atoms with Crippen LogP contribution in [0.3, 0.4) is 0 Å². The van der Waals surface area contributed by atoms with Crippen LogP contribution in [0.1, 0.15) is 40.0 Å². The molecule has 1 heterocycles. The molecule has 0 aromatic carbocycles. The van der Waals surface area contributed by atoms with E-state index in [0.29, 0.717) is 10.8 Å². The predicted octanol–water partition coefficient (Wildman–Crippen LogP) is 2.17. The maximum Gasteiger partial charge on any atom is 0.0124 e. The van der Waals surface area contributed by atoms with Gasteiger partial charge in [-0.25, -0.2) is 0 Å². The Bertz CT molecular complexity index is 167. The van der Waals surface area contributed by atoms with Gasteiger partial charge in [0.25, 0.3) is 0 Å². The largest absolute Gasteiger partial charge is 0.313 e. The molecule has 2 bridgehead atoms. The first-order valence-electron chi connectivity index (χ1n) is 4.80. The molecule has 1 N–H and O–H groups in total. The highest BCUT2D eigenvalue weighted by Gasteiger charge is 2.52. The molecule has 2 atom stereocenters. The Labute approximate surface area is 69.6 Å². The molecule has 0 aromatic rings. The van der Waals surface area contributed by atoms with Crippen LogP contribution in [-0.4, -0.2) is 12.6 Å². The van der Waals surface area contributed by atoms with Crippen LogP contribution in [0, 0.1) is 10.8 Å². The van der Waals surface area contributed by atoms with E-state index in [2.05, 4.69) is 26.1 Å². The zero-order valence-corrected chi connectivity index (χ0v) is 7.91. The maximum absolute atomic E-state index is 3.65. The second kappa shape index (κ2) is 2.01. The fraction of sp³-hybridized carbons (Fsp3) is 1.00. The first-order chi connectivity index (χ1) is 5.06. The zero-order valence-electron chi connectivity index (χ0n) is 7.91. The van der Waals surface area contributed by atoms with Crippen molar-refractivity contribution in [2.75, 3.05) is 6.54 Å². The summed E-state index contributed by atoms with van der Waals surface area (Å²) < 4.78 is 0. The summed E-state index contributed by atoms with van der Waals surface area (Å²) in [6.45, 7) is 8.54. The van der Waals surface area contributed by atoms with E-state index in [9.17, 15) is 0 Å².